The average molecular weight is 257 g/mol. The summed E-state index contributed by atoms with van der Waals surface area (Å²) in [6, 6.07) is 7.34. The van der Waals surface area contributed by atoms with Crippen molar-refractivity contribution in [1.82, 2.24) is 0 Å². The van der Waals surface area contributed by atoms with Crippen molar-refractivity contribution < 1.29 is 9.90 Å². The second-order valence-electron chi connectivity index (χ2n) is 4.06. The highest BCUT2D eigenvalue weighted by Crippen LogP contribution is 2.58. The Morgan fingerprint density at radius 3 is 2.62 bits per heavy atom. The quantitative estimate of drug-likeness (QED) is 0.893. The summed E-state index contributed by atoms with van der Waals surface area (Å²) in [7, 11) is 0. The van der Waals surface area contributed by atoms with E-state index in [1.165, 1.54) is 11.8 Å². The van der Waals surface area contributed by atoms with E-state index in [2.05, 4.69) is 0 Å². The Morgan fingerprint density at radius 1 is 1.56 bits per heavy atom. The minimum Gasteiger partial charge on any atom is -0.480 e. The number of carboxylic acids is 1. The van der Waals surface area contributed by atoms with Crippen molar-refractivity contribution in [3.8, 4) is 0 Å². The van der Waals surface area contributed by atoms with Gasteiger partial charge >= 0.3 is 5.97 Å². The number of aliphatic carboxylic acids is 1. The first-order chi connectivity index (χ1) is 7.58. The Morgan fingerprint density at radius 2 is 2.19 bits per heavy atom. The Balaban J connectivity index is 2.14. The van der Waals surface area contributed by atoms with Crippen LogP contribution in [0.2, 0.25) is 5.02 Å². The summed E-state index contributed by atoms with van der Waals surface area (Å²) in [5.74, 6) is -0.398. The van der Waals surface area contributed by atoms with Gasteiger partial charge in [-0.05, 0) is 36.6 Å². The smallest absolute Gasteiger partial charge is 0.320 e. The van der Waals surface area contributed by atoms with Crippen LogP contribution in [0.3, 0.4) is 0 Å². The van der Waals surface area contributed by atoms with Gasteiger partial charge in [0.1, 0.15) is 4.75 Å². The molecule has 0 amide bonds. The fourth-order valence-corrected chi connectivity index (χ4v) is 3.45. The lowest BCUT2D eigenvalue weighted by atomic mass is 10.2. The van der Waals surface area contributed by atoms with Crippen LogP contribution in [0.1, 0.15) is 19.8 Å². The molecule has 2 rings (SSSR count). The molecule has 1 aromatic rings. The van der Waals surface area contributed by atoms with E-state index in [1.807, 2.05) is 19.1 Å². The number of halogens is 1. The molecule has 2 atom stereocenters. The molecule has 1 aromatic carbocycles. The molecule has 2 nitrogen and oxygen atoms in total. The monoisotopic (exact) mass is 256 g/mol. The SMILES string of the molecule is CCC1CC1(Sc1ccc(Cl)cc1)C(=O)O. The molecule has 86 valence electrons. The third kappa shape index (κ3) is 2.06. The van der Waals surface area contributed by atoms with E-state index in [0.717, 1.165) is 17.7 Å². The first-order valence-electron chi connectivity index (χ1n) is 5.26. The number of rotatable bonds is 4. The highest BCUT2D eigenvalue weighted by atomic mass is 35.5. The molecule has 16 heavy (non-hydrogen) atoms. The Hall–Kier alpha value is -0.670. The first-order valence-corrected chi connectivity index (χ1v) is 6.46. The molecule has 1 fully saturated rings. The van der Waals surface area contributed by atoms with Gasteiger partial charge in [-0.15, -0.1) is 11.8 Å². The molecule has 0 aromatic heterocycles. The number of hydrogen-bond donors (Lipinski definition) is 1. The van der Waals surface area contributed by atoms with Crippen LogP contribution < -0.4 is 0 Å². The van der Waals surface area contributed by atoms with E-state index in [0.29, 0.717) is 10.9 Å². The summed E-state index contributed by atoms with van der Waals surface area (Å²) in [5, 5.41) is 9.95. The zero-order valence-corrected chi connectivity index (χ0v) is 10.5. The number of carbonyl (C=O) groups is 1. The van der Waals surface area contributed by atoms with Crippen molar-refractivity contribution in [2.75, 3.05) is 0 Å². The van der Waals surface area contributed by atoms with Crippen LogP contribution in [0.25, 0.3) is 0 Å². The second-order valence-corrected chi connectivity index (χ2v) is 5.90. The molecule has 0 bridgehead atoms. The minimum atomic E-state index is -0.695. The van der Waals surface area contributed by atoms with E-state index in [4.69, 9.17) is 11.6 Å². The van der Waals surface area contributed by atoms with Crippen molar-refractivity contribution in [3.63, 3.8) is 0 Å². The molecule has 1 N–H and O–H groups in total. The molecule has 0 saturated heterocycles. The van der Waals surface area contributed by atoms with Crippen molar-refractivity contribution >= 4 is 29.3 Å². The summed E-state index contributed by atoms with van der Waals surface area (Å²) in [4.78, 5) is 12.3. The fraction of sp³-hybridized carbons (Fsp3) is 0.417. The standard InChI is InChI=1S/C12H13ClO2S/c1-2-8-7-12(8,11(14)15)16-10-5-3-9(13)4-6-10/h3-6,8H,2,7H2,1H3,(H,14,15). The molecule has 1 aliphatic rings. The lowest BCUT2D eigenvalue weighted by molar-refractivity contribution is -0.137. The zero-order valence-electron chi connectivity index (χ0n) is 8.94. The van der Waals surface area contributed by atoms with Crippen molar-refractivity contribution in [2.45, 2.75) is 29.4 Å². The maximum Gasteiger partial charge on any atom is 0.320 e. The van der Waals surface area contributed by atoms with Gasteiger partial charge in [-0.3, -0.25) is 4.79 Å². The van der Waals surface area contributed by atoms with Gasteiger partial charge in [-0.1, -0.05) is 24.9 Å². The summed E-state index contributed by atoms with van der Waals surface area (Å²) in [6.07, 6.45) is 1.69. The van der Waals surface area contributed by atoms with Crippen LogP contribution in [-0.2, 0) is 4.79 Å². The number of carboxylic acid groups (broad SMARTS) is 1. The van der Waals surface area contributed by atoms with E-state index in [1.54, 1.807) is 12.1 Å². The minimum absolute atomic E-state index is 0.297. The molecular formula is C12H13ClO2S. The van der Waals surface area contributed by atoms with Crippen LogP contribution in [0.15, 0.2) is 29.2 Å². The highest BCUT2D eigenvalue weighted by molar-refractivity contribution is 8.01. The molecule has 1 aliphatic carbocycles. The predicted octanol–water partition coefficient (Wildman–Crippen LogP) is 3.69. The van der Waals surface area contributed by atoms with Crippen LogP contribution in [0, 0.1) is 5.92 Å². The fourth-order valence-electron chi connectivity index (χ4n) is 1.92. The molecule has 1 saturated carbocycles. The third-order valence-electron chi connectivity index (χ3n) is 3.02. The Labute approximate surface area is 104 Å². The number of hydrogen-bond acceptors (Lipinski definition) is 2. The lowest BCUT2D eigenvalue weighted by Gasteiger charge is -2.11. The Kier molecular flexibility index (Phi) is 3.17. The number of benzene rings is 1. The van der Waals surface area contributed by atoms with Crippen LogP contribution in [0.5, 0.6) is 0 Å². The summed E-state index contributed by atoms with van der Waals surface area (Å²) in [6.45, 7) is 2.04. The topological polar surface area (TPSA) is 37.3 Å². The molecule has 0 radical (unpaired) electrons. The van der Waals surface area contributed by atoms with Gasteiger partial charge in [0, 0.05) is 9.92 Å². The molecule has 4 heteroatoms. The predicted molar refractivity (Wildman–Crippen MR) is 66.1 cm³/mol. The molecule has 0 heterocycles. The third-order valence-corrected chi connectivity index (χ3v) is 4.82. The second kappa shape index (κ2) is 4.30. The van der Waals surface area contributed by atoms with Gasteiger partial charge in [-0.2, -0.15) is 0 Å². The van der Waals surface area contributed by atoms with Gasteiger partial charge in [0.05, 0.1) is 0 Å². The van der Waals surface area contributed by atoms with Gasteiger partial charge in [0.25, 0.3) is 0 Å². The van der Waals surface area contributed by atoms with Crippen LogP contribution >= 0.6 is 23.4 Å². The van der Waals surface area contributed by atoms with E-state index in [-0.39, 0.29) is 0 Å². The van der Waals surface area contributed by atoms with Gasteiger partial charge < -0.3 is 5.11 Å². The van der Waals surface area contributed by atoms with Crippen LogP contribution in [-0.4, -0.2) is 15.8 Å². The van der Waals surface area contributed by atoms with Gasteiger partial charge in [-0.25, -0.2) is 0 Å². The normalized spacial score (nSPS) is 27.8. The van der Waals surface area contributed by atoms with Crippen molar-refractivity contribution in [2.24, 2.45) is 5.92 Å². The first kappa shape index (κ1) is 11.8. The molecule has 2 unspecified atom stereocenters. The van der Waals surface area contributed by atoms with E-state index in [9.17, 15) is 9.90 Å². The van der Waals surface area contributed by atoms with Gasteiger partial charge in [0.2, 0.25) is 0 Å². The Bertz CT molecular complexity index is 404. The summed E-state index contributed by atoms with van der Waals surface area (Å²) < 4.78 is -0.595. The van der Waals surface area contributed by atoms with Crippen molar-refractivity contribution in [3.05, 3.63) is 29.3 Å². The zero-order chi connectivity index (χ0) is 11.8. The highest BCUT2D eigenvalue weighted by Gasteiger charge is 2.60. The summed E-state index contributed by atoms with van der Waals surface area (Å²) >= 11 is 7.24. The van der Waals surface area contributed by atoms with Crippen LogP contribution in [0.4, 0.5) is 0 Å². The van der Waals surface area contributed by atoms with E-state index < -0.39 is 10.7 Å². The van der Waals surface area contributed by atoms with Crippen molar-refractivity contribution in [1.29, 1.82) is 0 Å². The summed E-state index contributed by atoms with van der Waals surface area (Å²) in [5.41, 5.74) is 0. The lowest BCUT2D eigenvalue weighted by Crippen LogP contribution is -2.20. The number of thioether (sulfide) groups is 1. The average Bonchev–Trinajstić information content (AvgIpc) is 2.97. The van der Waals surface area contributed by atoms with Gasteiger partial charge in [0.15, 0.2) is 0 Å². The molecule has 0 spiro atoms. The maximum atomic E-state index is 11.3. The molecule has 0 aliphatic heterocycles. The maximum absolute atomic E-state index is 11.3. The molecular weight excluding hydrogens is 244 g/mol. The largest absolute Gasteiger partial charge is 0.480 e. The van der Waals surface area contributed by atoms with E-state index >= 15 is 0 Å².